The number of alkyl halides is 6. The first-order valence-electron chi connectivity index (χ1n) is 7.63. The highest BCUT2D eigenvalue weighted by Crippen LogP contribution is 2.34. The molecule has 0 atom stereocenters. The van der Waals surface area contributed by atoms with Crippen LogP contribution >= 0.6 is 11.8 Å². The third-order valence-electron chi connectivity index (χ3n) is 3.79. The van der Waals surface area contributed by atoms with Gasteiger partial charge in [-0.25, -0.2) is 9.97 Å². The minimum Gasteiger partial charge on any atom is -0.312 e. The van der Waals surface area contributed by atoms with Crippen LogP contribution in [0.4, 0.5) is 26.3 Å². The van der Waals surface area contributed by atoms with Crippen molar-refractivity contribution < 1.29 is 26.3 Å². The summed E-state index contributed by atoms with van der Waals surface area (Å²) in [6, 6.07) is 6.86. The number of fused-ring (bicyclic) bond motifs is 1. The second-order valence-corrected chi connectivity index (χ2v) is 6.80. The second-order valence-electron chi connectivity index (χ2n) is 5.79. The first kappa shape index (κ1) is 20.0. The fraction of sp³-hybridized carbons (Fsp3) is 0.235. The van der Waals surface area contributed by atoms with Crippen molar-refractivity contribution in [1.29, 1.82) is 5.26 Å². The monoisotopic (exact) mass is 416 g/mol. The van der Waals surface area contributed by atoms with E-state index in [9.17, 15) is 26.3 Å². The number of aromatic nitrogens is 3. The van der Waals surface area contributed by atoms with Gasteiger partial charge in [-0.15, -0.1) is 11.8 Å². The van der Waals surface area contributed by atoms with Gasteiger partial charge >= 0.3 is 12.4 Å². The molecule has 0 aliphatic heterocycles. The van der Waals surface area contributed by atoms with Crippen LogP contribution in [0.3, 0.4) is 0 Å². The van der Waals surface area contributed by atoms with E-state index in [1.165, 1.54) is 29.8 Å². The topological polar surface area (TPSA) is 54.5 Å². The zero-order valence-electron chi connectivity index (χ0n) is 14.1. The van der Waals surface area contributed by atoms with E-state index < -0.39 is 23.7 Å². The fourth-order valence-corrected chi connectivity index (χ4v) is 3.32. The molecule has 0 bridgehead atoms. The van der Waals surface area contributed by atoms with Crippen molar-refractivity contribution in [2.75, 3.05) is 5.75 Å². The van der Waals surface area contributed by atoms with Crippen LogP contribution in [-0.2, 0) is 13.2 Å². The molecule has 0 fully saturated rings. The Kier molecular flexibility index (Phi) is 5.01. The van der Waals surface area contributed by atoms with Gasteiger partial charge in [-0.3, -0.25) is 0 Å². The highest BCUT2D eigenvalue weighted by Gasteiger charge is 2.32. The average molecular weight is 416 g/mol. The molecule has 0 spiro atoms. The predicted molar refractivity (Wildman–Crippen MR) is 90.4 cm³/mol. The number of rotatable bonds is 3. The molecule has 2 heterocycles. The number of halogens is 6. The SMILES string of the molecule is Cn1c(-c2ccc(C#N)c(SCC(F)(F)F)c2)nc2cc(C(F)(F)F)cnc21. The summed E-state index contributed by atoms with van der Waals surface area (Å²) in [7, 11) is 1.53. The molecule has 146 valence electrons. The van der Waals surface area contributed by atoms with E-state index in [2.05, 4.69) is 9.97 Å². The maximum absolute atomic E-state index is 12.9. The van der Waals surface area contributed by atoms with Gasteiger partial charge in [-0.2, -0.15) is 31.6 Å². The van der Waals surface area contributed by atoms with Crippen molar-refractivity contribution in [3.8, 4) is 17.5 Å². The summed E-state index contributed by atoms with van der Waals surface area (Å²) in [4.78, 5) is 8.05. The summed E-state index contributed by atoms with van der Waals surface area (Å²) in [6.07, 6.45) is -8.30. The number of hydrogen-bond donors (Lipinski definition) is 0. The van der Waals surface area contributed by atoms with E-state index in [-0.39, 0.29) is 27.4 Å². The molecule has 0 unspecified atom stereocenters. The van der Waals surface area contributed by atoms with Crippen LogP contribution in [0.1, 0.15) is 11.1 Å². The average Bonchev–Trinajstić information content (AvgIpc) is 2.94. The number of hydrogen-bond acceptors (Lipinski definition) is 4. The lowest BCUT2D eigenvalue weighted by Crippen LogP contribution is -2.10. The summed E-state index contributed by atoms with van der Waals surface area (Å²) in [5.41, 5.74) is -0.337. The van der Waals surface area contributed by atoms with Gasteiger partial charge < -0.3 is 4.57 Å². The molecule has 0 aliphatic carbocycles. The lowest BCUT2D eigenvalue weighted by atomic mass is 10.1. The Morgan fingerprint density at radius 3 is 2.46 bits per heavy atom. The Labute approximate surface area is 158 Å². The standard InChI is InChI=1S/C17H10F6N4S/c1-27-14(26-12-5-11(17(21,22)23)7-25-15(12)27)9-2-3-10(6-24)13(4-9)28-8-16(18,19)20/h2-5,7H,8H2,1H3. The van der Waals surface area contributed by atoms with Gasteiger partial charge in [0.15, 0.2) is 5.65 Å². The zero-order valence-corrected chi connectivity index (χ0v) is 14.9. The lowest BCUT2D eigenvalue weighted by molar-refractivity contribution is -0.137. The van der Waals surface area contributed by atoms with Gasteiger partial charge in [0.05, 0.1) is 16.9 Å². The zero-order chi connectivity index (χ0) is 20.7. The van der Waals surface area contributed by atoms with Crippen LogP contribution in [0.25, 0.3) is 22.6 Å². The van der Waals surface area contributed by atoms with Gasteiger partial charge in [0.25, 0.3) is 0 Å². The largest absolute Gasteiger partial charge is 0.417 e. The molecule has 3 rings (SSSR count). The molecule has 3 aromatic rings. The van der Waals surface area contributed by atoms with E-state index in [1.54, 1.807) is 0 Å². The molecule has 1 aromatic carbocycles. The Hall–Kier alpha value is -2.74. The van der Waals surface area contributed by atoms with Crippen LogP contribution < -0.4 is 0 Å². The minimum absolute atomic E-state index is 0.00109. The Morgan fingerprint density at radius 2 is 1.86 bits per heavy atom. The summed E-state index contributed by atoms with van der Waals surface area (Å²) in [5.74, 6) is -0.954. The summed E-state index contributed by atoms with van der Waals surface area (Å²) < 4.78 is 77.6. The van der Waals surface area contributed by atoms with Gasteiger partial charge in [0.2, 0.25) is 0 Å². The van der Waals surface area contributed by atoms with Crippen molar-refractivity contribution in [3.05, 3.63) is 41.6 Å². The maximum atomic E-state index is 12.9. The Morgan fingerprint density at radius 1 is 1.14 bits per heavy atom. The van der Waals surface area contributed by atoms with Crippen molar-refractivity contribution in [3.63, 3.8) is 0 Å². The van der Waals surface area contributed by atoms with Crippen LogP contribution in [0.5, 0.6) is 0 Å². The number of thioether (sulfide) groups is 1. The van der Waals surface area contributed by atoms with Gasteiger partial charge in [0, 0.05) is 23.7 Å². The van der Waals surface area contributed by atoms with E-state index in [1.807, 2.05) is 6.07 Å². The van der Waals surface area contributed by atoms with Gasteiger partial charge in [-0.05, 0) is 24.3 Å². The third kappa shape index (κ3) is 4.06. The Bertz CT molecular complexity index is 1080. The number of nitrogens with zero attached hydrogens (tertiary/aromatic N) is 4. The minimum atomic E-state index is -4.57. The molecule has 11 heteroatoms. The lowest BCUT2D eigenvalue weighted by Gasteiger charge is -2.09. The van der Waals surface area contributed by atoms with Crippen molar-refractivity contribution in [2.45, 2.75) is 17.2 Å². The number of imidazole rings is 1. The molecule has 28 heavy (non-hydrogen) atoms. The quantitative estimate of drug-likeness (QED) is 0.436. The van der Waals surface area contributed by atoms with Gasteiger partial charge in [0.1, 0.15) is 17.4 Å². The summed E-state index contributed by atoms with van der Waals surface area (Å²) >= 11 is 0.457. The van der Waals surface area contributed by atoms with Crippen molar-refractivity contribution in [1.82, 2.24) is 14.5 Å². The molecular weight excluding hydrogens is 406 g/mol. The van der Waals surface area contributed by atoms with Crippen LogP contribution in [0.2, 0.25) is 0 Å². The smallest absolute Gasteiger partial charge is 0.312 e. The van der Waals surface area contributed by atoms with Crippen molar-refractivity contribution in [2.24, 2.45) is 7.05 Å². The molecule has 2 aromatic heterocycles. The van der Waals surface area contributed by atoms with E-state index in [0.29, 0.717) is 23.5 Å². The van der Waals surface area contributed by atoms with Crippen LogP contribution in [0.15, 0.2) is 35.4 Å². The van der Waals surface area contributed by atoms with Crippen LogP contribution in [0, 0.1) is 11.3 Å². The fourth-order valence-electron chi connectivity index (χ4n) is 2.52. The van der Waals surface area contributed by atoms with E-state index in [0.717, 1.165) is 6.07 Å². The maximum Gasteiger partial charge on any atom is 0.417 e. The molecule has 4 nitrogen and oxygen atoms in total. The molecule has 0 amide bonds. The highest BCUT2D eigenvalue weighted by molar-refractivity contribution is 7.99. The number of pyridine rings is 1. The van der Waals surface area contributed by atoms with Crippen molar-refractivity contribution >= 4 is 22.9 Å². The number of aryl methyl sites for hydroxylation is 1. The number of nitriles is 1. The first-order valence-corrected chi connectivity index (χ1v) is 8.62. The Balaban J connectivity index is 2.06. The molecule has 0 saturated carbocycles. The van der Waals surface area contributed by atoms with Crippen LogP contribution in [-0.4, -0.2) is 26.5 Å². The molecule has 0 radical (unpaired) electrons. The highest BCUT2D eigenvalue weighted by atomic mass is 32.2. The number of benzene rings is 1. The predicted octanol–water partition coefficient (Wildman–Crippen LogP) is 5.18. The third-order valence-corrected chi connectivity index (χ3v) is 4.91. The molecule has 0 N–H and O–H groups in total. The van der Waals surface area contributed by atoms with E-state index in [4.69, 9.17) is 5.26 Å². The summed E-state index contributed by atoms with van der Waals surface area (Å²) in [5, 5.41) is 9.10. The molecule has 0 aliphatic rings. The molecule has 0 saturated heterocycles. The summed E-state index contributed by atoms with van der Waals surface area (Å²) in [6.45, 7) is 0. The second kappa shape index (κ2) is 7.01. The van der Waals surface area contributed by atoms with E-state index >= 15 is 0 Å². The van der Waals surface area contributed by atoms with Gasteiger partial charge in [-0.1, -0.05) is 0 Å². The molecular formula is C17H10F6N4S. The normalized spacial score (nSPS) is 12.4. The first-order chi connectivity index (χ1) is 13.0.